The monoisotopic (exact) mass is 492 g/mol. The van der Waals surface area contributed by atoms with Crippen LogP contribution >= 0.6 is 11.8 Å². The van der Waals surface area contributed by atoms with Crippen LogP contribution < -0.4 is 4.74 Å². The molecule has 1 aromatic rings. The lowest BCUT2D eigenvalue weighted by Crippen LogP contribution is -2.25. The summed E-state index contributed by atoms with van der Waals surface area (Å²) in [6.07, 6.45) is 2.99. The third kappa shape index (κ3) is 10.6. The largest absolute Gasteiger partial charge is 0.491 e. The van der Waals surface area contributed by atoms with Crippen molar-refractivity contribution < 1.29 is 38.0 Å². The number of carbonyl (C=O) groups is 1. The summed E-state index contributed by atoms with van der Waals surface area (Å²) in [5, 5.41) is 29.5. The van der Waals surface area contributed by atoms with E-state index in [1.54, 1.807) is 11.8 Å². The molecule has 0 aliphatic heterocycles. The van der Waals surface area contributed by atoms with Crippen LogP contribution in [-0.2, 0) is 11.0 Å². The molecule has 0 bridgehead atoms. The average molecular weight is 493 g/mol. The highest BCUT2D eigenvalue weighted by Gasteiger charge is 2.35. The SMILES string of the molecule is O=C(O)CCCCCCCCC1C(O)CCC1SCC(O)COc1cccc(C(F)(F)F)c1. The number of halogens is 3. The first-order valence-electron chi connectivity index (χ1n) is 11.7. The summed E-state index contributed by atoms with van der Waals surface area (Å²) in [7, 11) is 0. The fourth-order valence-electron chi connectivity index (χ4n) is 4.20. The highest BCUT2D eigenvalue weighted by atomic mass is 32.2. The van der Waals surface area contributed by atoms with Crippen LogP contribution in [-0.4, -0.2) is 51.1 Å². The highest BCUT2D eigenvalue weighted by Crippen LogP contribution is 2.39. The summed E-state index contributed by atoms with van der Waals surface area (Å²) in [5.41, 5.74) is -0.785. The van der Waals surface area contributed by atoms with Gasteiger partial charge in [-0.3, -0.25) is 4.79 Å². The van der Waals surface area contributed by atoms with Crippen molar-refractivity contribution in [3.63, 3.8) is 0 Å². The minimum absolute atomic E-state index is 0.0750. The fourth-order valence-corrected chi connectivity index (χ4v) is 5.63. The Bertz CT molecular complexity index is 716. The van der Waals surface area contributed by atoms with Gasteiger partial charge in [0.1, 0.15) is 12.4 Å². The summed E-state index contributed by atoms with van der Waals surface area (Å²) >= 11 is 1.60. The predicted molar refractivity (Wildman–Crippen MR) is 122 cm³/mol. The number of aliphatic carboxylic acids is 1. The molecule has 0 aromatic heterocycles. The summed E-state index contributed by atoms with van der Waals surface area (Å²) in [6.45, 7) is -0.0872. The molecular formula is C24H35F3O5S. The van der Waals surface area contributed by atoms with Crippen LogP contribution in [0.2, 0.25) is 0 Å². The lowest BCUT2D eigenvalue weighted by Gasteiger charge is -2.23. The van der Waals surface area contributed by atoms with E-state index in [4.69, 9.17) is 9.84 Å². The zero-order chi connectivity index (χ0) is 24.3. The molecule has 188 valence electrons. The Kier molecular flexibility index (Phi) is 11.8. The number of alkyl halides is 3. The topological polar surface area (TPSA) is 87.0 Å². The highest BCUT2D eigenvalue weighted by molar-refractivity contribution is 7.99. The maximum Gasteiger partial charge on any atom is 0.416 e. The molecule has 9 heteroatoms. The van der Waals surface area contributed by atoms with Crippen molar-refractivity contribution in [2.75, 3.05) is 12.4 Å². The van der Waals surface area contributed by atoms with Gasteiger partial charge in [-0.2, -0.15) is 24.9 Å². The third-order valence-corrected chi connectivity index (χ3v) is 7.59. The smallest absolute Gasteiger partial charge is 0.416 e. The van der Waals surface area contributed by atoms with Crippen molar-refractivity contribution in [3.05, 3.63) is 29.8 Å². The maximum atomic E-state index is 12.8. The van der Waals surface area contributed by atoms with Crippen LogP contribution in [0.1, 0.15) is 69.8 Å². The van der Waals surface area contributed by atoms with E-state index in [0.29, 0.717) is 5.75 Å². The Morgan fingerprint density at radius 3 is 2.52 bits per heavy atom. The third-order valence-electron chi connectivity index (χ3n) is 6.00. The number of hydrogen-bond donors (Lipinski definition) is 3. The molecule has 0 spiro atoms. The van der Waals surface area contributed by atoms with Gasteiger partial charge in [0.15, 0.2) is 0 Å². The van der Waals surface area contributed by atoms with Gasteiger partial charge < -0.3 is 20.1 Å². The average Bonchev–Trinajstić information content (AvgIpc) is 3.11. The van der Waals surface area contributed by atoms with Gasteiger partial charge in [0.05, 0.1) is 17.8 Å². The number of benzene rings is 1. The molecule has 5 nitrogen and oxygen atoms in total. The number of aliphatic hydroxyl groups excluding tert-OH is 2. The summed E-state index contributed by atoms with van der Waals surface area (Å²) in [4.78, 5) is 10.5. The van der Waals surface area contributed by atoms with Gasteiger partial charge in [-0.25, -0.2) is 0 Å². The van der Waals surface area contributed by atoms with Crippen molar-refractivity contribution in [1.82, 2.24) is 0 Å². The van der Waals surface area contributed by atoms with E-state index in [9.17, 15) is 28.2 Å². The molecule has 1 aromatic carbocycles. The van der Waals surface area contributed by atoms with Gasteiger partial charge in [0.25, 0.3) is 0 Å². The van der Waals surface area contributed by atoms with Crippen molar-refractivity contribution in [2.24, 2.45) is 5.92 Å². The molecule has 1 fully saturated rings. The quantitative estimate of drug-likeness (QED) is 0.279. The molecule has 2 rings (SSSR count). The molecule has 0 saturated heterocycles. The number of ether oxygens (including phenoxy) is 1. The van der Waals surface area contributed by atoms with Crippen LogP contribution in [0.25, 0.3) is 0 Å². The second-order valence-electron chi connectivity index (χ2n) is 8.72. The van der Waals surface area contributed by atoms with Crippen molar-refractivity contribution >= 4 is 17.7 Å². The van der Waals surface area contributed by atoms with Crippen molar-refractivity contribution in [1.29, 1.82) is 0 Å². The number of unbranched alkanes of at least 4 members (excludes halogenated alkanes) is 5. The minimum Gasteiger partial charge on any atom is -0.491 e. The molecule has 1 saturated carbocycles. The first kappa shape index (κ1) is 27.8. The molecule has 3 N–H and O–H groups in total. The van der Waals surface area contributed by atoms with E-state index >= 15 is 0 Å². The number of aliphatic hydroxyl groups is 2. The van der Waals surface area contributed by atoms with Crippen LogP contribution in [0, 0.1) is 5.92 Å². The standard InChI is InChI=1S/C24H35F3O5S/c25-24(26,27)17-8-7-9-19(14-17)32-15-18(28)16-33-22-13-12-21(29)20(22)10-5-3-1-2-4-6-11-23(30)31/h7-9,14,18,20-22,28-29H,1-6,10-13,15-16H2,(H,30,31). The Morgan fingerprint density at radius 2 is 1.82 bits per heavy atom. The van der Waals surface area contributed by atoms with E-state index < -0.39 is 23.8 Å². The number of rotatable bonds is 15. The van der Waals surface area contributed by atoms with Gasteiger partial charge in [-0.1, -0.05) is 38.2 Å². The van der Waals surface area contributed by atoms with Crippen LogP contribution in [0.5, 0.6) is 5.75 Å². The van der Waals surface area contributed by atoms with E-state index in [0.717, 1.165) is 69.9 Å². The molecule has 4 unspecified atom stereocenters. The van der Waals surface area contributed by atoms with Crippen molar-refractivity contribution in [2.45, 2.75) is 87.8 Å². The van der Waals surface area contributed by atoms with Gasteiger partial charge in [-0.05, 0) is 49.8 Å². The van der Waals surface area contributed by atoms with Gasteiger partial charge in [-0.15, -0.1) is 0 Å². The first-order valence-corrected chi connectivity index (χ1v) is 12.7. The molecule has 0 heterocycles. The van der Waals surface area contributed by atoms with E-state index in [-0.39, 0.29) is 36.0 Å². The zero-order valence-corrected chi connectivity index (χ0v) is 19.6. The summed E-state index contributed by atoms with van der Waals surface area (Å²) < 4.78 is 43.7. The predicted octanol–water partition coefficient (Wildman–Crippen LogP) is 5.52. The molecule has 4 atom stereocenters. The second-order valence-corrected chi connectivity index (χ2v) is 10.00. The van der Waals surface area contributed by atoms with Crippen LogP contribution in [0.15, 0.2) is 24.3 Å². The molecule has 33 heavy (non-hydrogen) atoms. The Hall–Kier alpha value is -1.45. The summed E-state index contributed by atoms with van der Waals surface area (Å²) in [6, 6.07) is 4.62. The fraction of sp³-hybridized carbons (Fsp3) is 0.708. The first-order chi connectivity index (χ1) is 15.7. The normalized spacial score (nSPS) is 21.8. The zero-order valence-electron chi connectivity index (χ0n) is 18.8. The van der Waals surface area contributed by atoms with E-state index in [2.05, 4.69) is 0 Å². The minimum atomic E-state index is -4.44. The van der Waals surface area contributed by atoms with Crippen LogP contribution in [0.4, 0.5) is 13.2 Å². The maximum absolute atomic E-state index is 12.8. The lowest BCUT2D eigenvalue weighted by molar-refractivity contribution is -0.138. The molecule has 1 aliphatic rings. The van der Waals surface area contributed by atoms with Crippen molar-refractivity contribution in [3.8, 4) is 5.75 Å². The number of carboxylic acid groups (broad SMARTS) is 1. The lowest BCUT2D eigenvalue weighted by atomic mass is 9.97. The molecule has 0 amide bonds. The molecule has 0 radical (unpaired) electrons. The summed E-state index contributed by atoms with van der Waals surface area (Å²) in [5.74, 6) is -0.0955. The van der Waals surface area contributed by atoms with Gasteiger partial charge in [0, 0.05) is 17.4 Å². The Balaban J connectivity index is 1.65. The number of hydrogen-bond acceptors (Lipinski definition) is 5. The van der Waals surface area contributed by atoms with Gasteiger partial charge in [0.2, 0.25) is 0 Å². The second kappa shape index (κ2) is 14.1. The Morgan fingerprint density at radius 1 is 1.12 bits per heavy atom. The van der Waals surface area contributed by atoms with E-state index in [1.165, 1.54) is 12.1 Å². The molecule has 1 aliphatic carbocycles. The van der Waals surface area contributed by atoms with E-state index in [1.807, 2.05) is 0 Å². The number of carboxylic acids is 1. The number of thioether (sulfide) groups is 1. The van der Waals surface area contributed by atoms with Crippen LogP contribution in [0.3, 0.4) is 0 Å². The Labute approximate surface area is 197 Å². The van der Waals surface area contributed by atoms with Gasteiger partial charge >= 0.3 is 12.1 Å². The molecular weight excluding hydrogens is 457 g/mol.